The Morgan fingerprint density at radius 2 is 2.05 bits per heavy atom. The molecule has 98 valence electrons. The minimum absolute atomic E-state index is 0.0888. The van der Waals surface area contributed by atoms with Gasteiger partial charge in [-0.05, 0) is 48.4 Å². The minimum Gasteiger partial charge on any atom is -0.348 e. The fraction of sp³-hybridized carbons (Fsp3) is 0.133. The predicted octanol–water partition coefficient (Wildman–Crippen LogP) is 4.34. The number of amides is 1. The van der Waals surface area contributed by atoms with Gasteiger partial charge < -0.3 is 5.32 Å². The van der Waals surface area contributed by atoms with E-state index in [-0.39, 0.29) is 5.91 Å². The number of hydrogen-bond donors (Lipinski definition) is 1. The molecule has 0 radical (unpaired) electrons. The highest BCUT2D eigenvalue weighted by Gasteiger charge is 2.08. The van der Waals surface area contributed by atoms with Crippen molar-refractivity contribution >= 4 is 33.4 Å². The molecule has 2 nitrogen and oxygen atoms in total. The zero-order chi connectivity index (χ0) is 13.8. The number of halogens is 2. The molecule has 0 unspecified atom stereocenters. The molecule has 1 amide bonds. The van der Waals surface area contributed by atoms with Crippen molar-refractivity contribution in [1.82, 2.24) is 5.32 Å². The standard InChI is InChI=1S/C15H13BrClNO/c1-10-7-13(17)5-6-14(10)15(19)18-9-11-3-2-4-12(16)8-11/h2-8H,9H2,1H3,(H,18,19). The van der Waals surface area contributed by atoms with Gasteiger partial charge in [-0.1, -0.05) is 39.7 Å². The van der Waals surface area contributed by atoms with Crippen LogP contribution < -0.4 is 5.32 Å². The smallest absolute Gasteiger partial charge is 0.251 e. The first-order valence-electron chi connectivity index (χ1n) is 5.85. The van der Waals surface area contributed by atoms with Gasteiger partial charge in [0.1, 0.15) is 0 Å². The average Bonchev–Trinajstić information content (AvgIpc) is 2.36. The van der Waals surface area contributed by atoms with Gasteiger partial charge in [0.25, 0.3) is 5.91 Å². The molecule has 2 aromatic rings. The van der Waals surface area contributed by atoms with Crippen LogP contribution in [0.4, 0.5) is 0 Å². The molecule has 0 aliphatic heterocycles. The molecule has 0 heterocycles. The van der Waals surface area contributed by atoms with Crippen LogP contribution in [0.5, 0.6) is 0 Å². The third-order valence-electron chi connectivity index (χ3n) is 2.78. The number of benzene rings is 2. The van der Waals surface area contributed by atoms with E-state index in [0.29, 0.717) is 17.1 Å². The zero-order valence-corrected chi connectivity index (χ0v) is 12.8. The van der Waals surface area contributed by atoms with Crippen molar-refractivity contribution in [2.45, 2.75) is 13.5 Å². The van der Waals surface area contributed by atoms with Crippen molar-refractivity contribution in [2.75, 3.05) is 0 Å². The third kappa shape index (κ3) is 3.82. The molecule has 2 rings (SSSR count). The molecule has 2 aromatic carbocycles. The molecule has 0 aromatic heterocycles. The number of hydrogen-bond acceptors (Lipinski definition) is 1. The first-order chi connectivity index (χ1) is 9.06. The normalized spacial score (nSPS) is 10.3. The highest BCUT2D eigenvalue weighted by molar-refractivity contribution is 9.10. The van der Waals surface area contributed by atoms with E-state index in [1.807, 2.05) is 31.2 Å². The summed E-state index contributed by atoms with van der Waals surface area (Å²) in [6.07, 6.45) is 0. The largest absolute Gasteiger partial charge is 0.348 e. The molecule has 0 spiro atoms. The van der Waals surface area contributed by atoms with Crippen molar-refractivity contribution in [1.29, 1.82) is 0 Å². The Morgan fingerprint density at radius 3 is 2.74 bits per heavy atom. The van der Waals surface area contributed by atoms with Gasteiger partial charge in [0.2, 0.25) is 0 Å². The third-order valence-corrected chi connectivity index (χ3v) is 3.50. The topological polar surface area (TPSA) is 29.1 Å². The number of carbonyl (C=O) groups excluding carboxylic acids is 1. The second-order valence-corrected chi connectivity index (χ2v) is 5.62. The van der Waals surface area contributed by atoms with E-state index in [2.05, 4.69) is 21.2 Å². The molecular weight excluding hydrogens is 326 g/mol. The van der Waals surface area contributed by atoms with Gasteiger partial charge >= 0.3 is 0 Å². The first kappa shape index (κ1) is 14.1. The van der Waals surface area contributed by atoms with Crippen LogP contribution >= 0.6 is 27.5 Å². The average molecular weight is 339 g/mol. The number of aryl methyl sites for hydroxylation is 1. The van der Waals surface area contributed by atoms with Gasteiger partial charge in [-0.2, -0.15) is 0 Å². The van der Waals surface area contributed by atoms with E-state index in [1.165, 1.54) is 0 Å². The molecule has 0 fully saturated rings. The predicted molar refractivity (Wildman–Crippen MR) is 81.5 cm³/mol. The second kappa shape index (κ2) is 6.22. The van der Waals surface area contributed by atoms with Gasteiger partial charge in [0.15, 0.2) is 0 Å². The van der Waals surface area contributed by atoms with Crippen LogP contribution in [0, 0.1) is 6.92 Å². The SMILES string of the molecule is Cc1cc(Cl)ccc1C(=O)NCc1cccc(Br)c1. The minimum atomic E-state index is -0.0888. The van der Waals surface area contributed by atoms with Crippen LogP contribution in [0.25, 0.3) is 0 Å². The van der Waals surface area contributed by atoms with Gasteiger partial charge in [-0.15, -0.1) is 0 Å². The van der Waals surface area contributed by atoms with Crippen LogP contribution in [-0.2, 0) is 6.54 Å². The second-order valence-electron chi connectivity index (χ2n) is 4.27. The molecular formula is C15H13BrClNO. The lowest BCUT2D eigenvalue weighted by atomic mass is 10.1. The fourth-order valence-electron chi connectivity index (χ4n) is 1.81. The summed E-state index contributed by atoms with van der Waals surface area (Å²) in [5.74, 6) is -0.0888. The number of nitrogens with one attached hydrogen (secondary N) is 1. The molecule has 19 heavy (non-hydrogen) atoms. The number of rotatable bonds is 3. The van der Waals surface area contributed by atoms with E-state index < -0.39 is 0 Å². The maximum Gasteiger partial charge on any atom is 0.251 e. The van der Waals surface area contributed by atoms with E-state index in [9.17, 15) is 4.79 Å². The van der Waals surface area contributed by atoms with Crippen molar-refractivity contribution < 1.29 is 4.79 Å². The molecule has 0 saturated carbocycles. The monoisotopic (exact) mass is 337 g/mol. The van der Waals surface area contributed by atoms with E-state index >= 15 is 0 Å². The van der Waals surface area contributed by atoms with E-state index in [0.717, 1.165) is 15.6 Å². The maximum atomic E-state index is 12.1. The zero-order valence-electron chi connectivity index (χ0n) is 10.4. The summed E-state index contributed by atoms with van der Waals surface area (Å²) in [6, 6.07) is 13.1. The van der Waals surface area contributed by atoms with Crippen LogP contribution in [0.2, 0.25) is 5.02 Å². The molecule has 1 N–H and O–H groups in total. The Bertz CT molecular complexity index is 613. The Kier molecular flexibility index (Phi) is 4.61. The van der Waals surface area contributed by atoms with Crippen molar-refractivity contribution in [3.8, 4) is 0 Å². The Hall–Kier alpha value is -1.32. The summed E-state index contributed by atoms with van der Waals surface area (Å²) < 4.78 is 1.00. The quantitative estimate of drug-likeness (QED) is 0.886. The molecule has 0 aliphatic rings. The van der Waals surface area contributed by atoms with E-state index in [4.69, 9.17) is 11.6 Å². The van der Waals surface area contributed by atoms with Gasteiger partial charge in [0.05, 0.1) is 0 Å². The first-order valence-corrected chi connectivity index (χ1v) is 7.02. The van der Waals surface area contributed by atoms with Crippen LogP contribution in [0.3, 0.4) is 0 Å². The molecule has 0 aliphatic carbocycles. The fourth-order valence-corrected chi connectivity index (χ4v) is 2.48. The van der Waals surface area contributed by atoms with Crippen molar-refractivity contribution in [3.05, 3.63) is 68.7 Å². The highest BCUT2D eigenvalue weighted by atomic mass is 79.9. The van der Waals surface area contributed by atoms with Crippen molar-refractivity contribution in [3.63, 3.8) is 0 Å². The van der Waals surface area contributed by atoms with Gasteiger partial charge in [0, 0.05) is 21.6 Å². The van der Waals surface area contributed by atoms with Crippen LogP contribution in [-0.4, -0.2) is 5.91 Å². The molecule has 0 atom stereocenters. The lowest BCUT2D eigenvalue weighted by Crippen LogP contribution is -2.23. The van der Waals surface area contributed by atoms with Crippen LogP contribution in [0.15, 0.2) is 46.9 Å². The van der Waals surface area contributed by atoms with Crippen LogP contribution in [0.1, 0.15) is 21.5 Å². The maximum absolute atomic E-state index is 12.1. The van der Waals surface area contributed by atoms with Gasteiger partial charge in [-0.3, -0.25) is 4.79 Å². The molecule has 0 saturated heterocycles. The highest BCUT2D eigenvalue weighted by Crippen LogP contribution is 2.15. The van der Waals surface area contributed by atoms with Crippen molar-refractivity contribution in [2.24, 2.45) is 0 Å². The molecule has 4 heteroatoms. The lowest BCUT2D eigenvalue weighted by Gasteiger charge is -2.08. The summed E-state index contributed by atoms with van der Waals surface area (Å²) >= 11 is 9.28. The Balaban J connectivity index is 2.05. The van der Waals surface area contributed by atoms with E-state index in [1.54, 1.807) is 18.2 Å². The lowest BCUT2D eigenvalue weighted by molar-refractivity contribution is 0.0950. The summed E-state index contributed by atoms with van der Waals surface area (Å²) in [4.78, 5) is 12.1. The summed E-state index contributed by atoms with van der Waals surface area (Å²) in [5.41, 5.74) is 2.58. The number of carbonyl (C=O) groups is 1. The summed E-state index contributed by atoms with van der Waals surface area (Å²) in [7, 11) is 0. The summed E-state index contributed by atoms with van der Waals surface area (Å²) in [5, 5.41) is 3.54. The Labute approximate surface area is 125 Å². The molecule has 0 bridgehead atoms. The van der Waals surface area contributed by atoms with Gasteiger partial charge in [-0.25, -0.2) is 0 Å². The summed E-state index contributed by atoms with van der Waals surface area (Å²) in [6.45, 7) is 2.38. The Morgan fingerprint density at radius 1 is 1.26 bits per heavy atom.